The Kier molecular flexibility index (Phi) is 6.14. The van der Waals surface area contributed by atoms with E-state index < -0.39 is 0 Å². The van der Waals surface area contributed by atoms with Crippen LogP contribution in [-0.2, 0) is 6.42 Å². The normalized spacial score (nSPS) is 23.8. The molecule has 5 nitrogen and oxygen atoms in total. The summed E-state index contributed by atoms with van der Waals surface area (Å²) >= 11 is 6.47. The van der Waals surface area contributed by atoms with Crippen molar-refractivity contribution in [3.8, 4) is 11.3 Å². The Morgan fingerprint density at radius 3 is 2.46 bits per heavy atom. The molecule has 1 saturated heterocycles. The maximum absolute atomic E-state index is 9.74. The lowest BCUT2D eigenvalue weighted by Crippen LogP contribution is -2.36. The van der Waals surface area contributed by atoms with Gasteiger partial charge in [0.2, 0.25) is 0 Å². The number of nitrogens with zero attached hydrogens (tertiary/aromatic N) is 3. The molecule has 4 rings (SSSR count). The van der Waals surface area contributed by atoms with Gasteiger partial charge in [0.05, 0.1) is 22.9 Å². The second-order valence-corrected chi connectivity index (χ2v) is 8.54. The van der Waals surface area contributed by atoms with E-state index in [1.54, 1.807) is 6.20 Å². The van der Waals surface area contributed by atoms with Crippen LogP contribution >= 0.6 is 11.6 Å². The second-order valence-electron chi connectivity index (χ2n) is 8.13. The van der Waals surface area contributed by atoms with E-state index in [0.29, 0.717) is 10.9 Å². The van der Waals surface area contributed by atoms with Crippen molar-refractivity contribution in [3.63, 3.8) is 0 Å². The Labute approximate surface area is 171 Å². The summed E-state index contributed by atoms with van der Waals surface area (Å²) in [5.74, 6) is 1.50. The molecule has 28 heavy (non-hydrogen) atoms. The van der Waals surface area contributed by atoms with Crippen LogP contribution in [0.3, 0.4) is 0 Å². The number of anilines is 1. The number of aliphatic hydroxyl groups excluding tert-OH is 2. The topological polar surface area (TPSA) is 69.5 Å². The number of aromatic nitrogens is 2. The molecule has 0 bridgehead atoms. The third-order valence-electron chi connectivity index (χ3n) is 6.02. The van der Waals surface area contributed by atoms with Gasteiger partial charge in [0.25, 0.3) is 0 Å². The molecular formula is C22H28ClN3O2. The fraction of sp³-hybridized carbons (Fsp3) is 0.545. The molecule has 2 aromatic heterocycles. The number of hydrogen-bond donors (Lipinski definition) is 2. The molecule has 6 heteroatoms. The van der Waals surface area contributed by atoms with E-state index in [2.05, 4.69) is 16.0 Å². The number of hydrogen-bond acceptors (Lipinski definition) is 5. The lowest BCUT2D eigenvalue weighted by Gasteiger charge is -2.30. The fourth-order valence-corrected chi connectivity index (χ4v) is 4.48. The molecule has 150 valence electrons. The molecule has 0 amide bonds. The average molecular weight is 402 g/mol. The number of rotatable bonds is 4. The highest BCUT2D eigenvalue weighted by Gasteiger charge is 2.21. The van der Waals surface area contributed by atoms with Crippen molar-refractivity contribution in [2.24, 2.45) is 5.92 Å². The molecule has 0 unspecified atom stereocenters. The minimum Gasteiger partial charge on any atom is -0.393 e. The van der Waals surface area contributed by atoms with E-state index in [0.717, 1.165) is 80.8 Å². The van der Waals surface area contributed by atoms with Crippen LogP contribution in [0.5, 0.6) is 0 Å². The molecule has 0 radical (unpaired) electrons. The van der Waals surface area contributed by atoms with Crippen molar-refractivity contribution in [1.29, 1.82) is 0 Å². The smallest absolute Gasteiger partial charge is 0.129 e. The molecule has 1 aliphatic heterocycles. The van der Waals surface area contributed by atoms with E-state index in [-0.39, 0.29) is 12.2 Å². The van der Waals surface area contributed by atoms with Crippen LogP contribution < -0.4 is 4.90 Å². The van der Waals surface area contributed by atoms with Crippen LogP contribution in [-0.4, -0.2) is 45.5 Å². The molecule has 2 fully saturated rings. The SMILES string of the molecule is OC1CCC(Cc2cc(-c3cccc(N4CCC(O)CC4)n3)c(Cl)cn2)CC1. The molecule has 2 aromatic rings. The zero-order valence-electron chi connectivity index (χ0n) is 16.1. The van der Waals surface area contributed by atoms with Crippen molar-refractivity contribution >= 4 is 17.4 Å². The molecule has 2 aliphatic rings. The van der Waals surface area contributed by atoms with Gasteiger partial charge in [-0.1, -0.05) is 17.7 Å². The monoisotopic (exact) mass is 401 g/mol. The molecule has 0 spiro atoms. The minimum atomic E-state index is -0.197. The second kappa shape index (κ2) is 8.76. The highest BCUT2D eigenvalue weighted by Crippen LogP contribution is 2.31. The lowest BCUT2D eigenvalue weighted by molar-refractivity contribution is 0.108. The van der Waals surface area contributed by atoms with Gasteiger partial charge in [0, 0.05) is 30.5 Å². The Morgan fingerprint density at radius 1 is 1.00 bits per heavy atom. The molecule has 2 N–H and O–H groups in total. The van der Waals surface area contributed by atoms with Crippen LogP contribution in [0, 0.1) is 5.92 Å². The summed E-state index contributed by atoms with van der Waals surface area (Å²) in [6, 6.07) is 8.09. The van der Waals surface area contributed by atoms with Crippen LogP contribution in [0.1, 0.15) is 44.2 Å². The summed E-state index contributed by atoms with van der Waals surface area (Å²) in [6.07, 6.45) is 7.76. The zero-order chi connectivity index (χ0) is 19.5. The lowest BCUT2D eigenvalue weighted by atomic mass is 9.84. The Balaban J connectivity index is 1.53. The summed E-state index contributed by atoms with van der Waals surface area (Å²) in [5.41, 5.74) is 2.81. The summed E-state index contributed by atoms with van der Waals surface area (Å²) < 4.78 is 0. The van der Waals surface area contributed by atoms with Crippen molar-refractivity contribution in [2.45, 2.75) is 57.2 Å². The first kappa shape index (κ1) is 19.6. The van der Waals surface area contributed by atoms with Gasteiger partial charge in [-0.2, -0.15) is 0 Å². The summed E-state index contributed by atoms with van der Waals surface area (Å²) in [4.78, 5) is 11.6. The van der Waals surface area contributed by atoms with E-state index in [1.165, 1.54) is 0 Å². The van der Waals surface area contributed by atoms with Crippen molar-refractivity contribution < 1.29 is 10.2 Å². The number of pyridine rings is 2. The molecule has 0 atom stereocenters. The first-order chi connectivity index (χ1) is 13.6. The van der Waals surface area contributed by atoms with Gasteiger partial charge in [-0.05, 0) is 69.1 Å². The first-order valence-electron chi connectivity index (χ1n) is 10.3. The van der Waals surface area contributed by atoms with Crippen LogP contribution in [0.15, 0.2) is 30.5 Å². The molecular weight excluding hydrogens is 374 g/mol. The highest BCUT2D eigenvalue weighted by molar-refractivity contribution is 6.33. The van der Waals surface area contributed by atoms with Gasteiger partial charge in [0.1, 0.15) is 5.82 Å². The van der Waals surface area contributed by atoms with Gasteiger partial charge in [-0.25, -0.2) is 4.98 Å². The first-order valence-corrected chi connectivity index (χ1v) is 10.7. The van der Waals surface area contributed by atoms with Gasteiger partial charge in [-0.15, -0.1) is 0 Å². The fourth-order valence-electron chi connectivity index (χ4n) is 4.28. The number of halogens is 1. The molecule has 1 aliphatic carbocycles. The minimum absolute atomic E-state index is 0.132. The van der Waals surface area contributed by atoms with Crippen molar-refractivity contribution in [2.75, 3.05) is 18.0 Å². The number of aliphatic hydroxyl groups is 2. The van der Waals surface area contributed by atoms with Gasteiger partial charge in [-0.3, -0.25) is 4.98 Å². The van der Waals surface area contributed by atoms with Crippen molar-refractivity contribution in [3.05, 3.63) is 41.2 Å². The maximum Gasteiger partial charge on any atom is 0.129 e. The molecule has 1 saturated carbocycles. The van der Waals surface area contributed by atoms with Gasteiger partial charge < -0.3 is 15.1 Å². The zero-order valence-corrected chi connectivity index (χ0v) is 16.9. The summed E-state index contributed by atoms with van der Waals surface area (Å²) in [5, 5.41) is 20.1. The van der Waals surface area contributed by atoms with Crippen LogP contribution in [0.25, 0.3) is 11.3 Å². The predicted molar refractivity (Wildman–Crippen MR) is 112 cm³/mol. The van der Waals surface area contributed by atoms with E-state index >= 15 is 0 Å². The predicted octanol–water partition coefficient (Wildman–Crippen LogP) is 3.85. The third kappa shape index (κ3) is 4.65. The summed E-state index contributed by atoms with van der Waals surface area (Å²) in [6.45, 7) is 1.64. The Morgan fingerprint density at radius 2 is 1.71 bits per heavy atom. The Bertz CT molecular complexity index is 800. The maximum atomic E-state index is 9.74. The van der Waals surface area contributed by atoms with Gasteiger partial charge >= 0.3 is 0 Å². The number of piperidine rings is 1. The van der Waals surface area contributed by atoms with Gasteiger partial charge in [0.15, 0.2) is 0 Å². The third-order valence-corrected chi connectivity index (χ3v) is 6.33. The Hall–Kier alpha value is -1.69. The average Bonchev–Trinajstić information content (AvgIpc) is 2.72. The van der Waals surface area contributed by atoms with E-state index in [4.69, 9.17) is 16.6 Å². The highest BCUT2D eigenvalue weighted by atomic mass is 35.5. The summed E-state index contributed by atoms with van der Waals surface area (Å²) in [7, 11) is 0. The largest absolute Gasteiger partial charge is 0.393 e. The molecule has 3 heterocycles. The quantitative estimate of drug-likeness (QED) is 0.814. The van der Waals surface area contributed by atoms with Crippen LogP contribution in [0.2, 0.25) is 5.02 Å². The van der Waals surface area contributed by atoms with Crippen molar-refractivity contribution in [1.82, 2.24) is 9.97 Å². The van der Waals surface area contributed by atoms with E-state index in [9.17, 15) is 10.2 Å². The van der Waals surface area contributed by atoms with Crippen LogP contribution in [0.4, 0.5) is 5.82 Å². The molecule has 0 aromatic carbocycles. The van der Waals surface area contributed by atoms with E-state index in [1.807, 2.05) is 18.2 Å². The standard InChI is InChI=1S/C22H28ClN3O2/c23-20-14-24-16(12-15-4-6-17(27)7-5-15)13-19(20)21-2-1-3-22(25-21)26-10-8-18(28)9-11-26/h1-3,13-15,17-18,27-28H,4-12H2.